The molecule has 0 saturated carbocycles. The molecule has 0 aliphatic carbocycles. The van der Waals surface area contributed by atoms with Crippen molar-refractivity contribution in [2.75, 3.05) is 18.5 Å². The predicted octanol–water partition coefficient (Wildman–Crippen LogP) is 4.21. The Hall–Kier alpha value is -4.41. The van der Waals surface area contributed by atoms with Gasteiger partial charge in [0.25, 0.3) is 5.91 Å². The maximum Gasteiger partial charge on any atom is 0.254 e. The zero-order valence-corrected chi connectivity index (χ0v) is 19.0. The van der Waals surface area contributed by atoms with Gasteiger partial charge in [0.05, 0.1) is 34.7 Å². The number of rotatable bonds is 6. The highest BCUT2D eigenvalue weighted by Crippen LogP contribution is 2.26. The lowest BCUT2D eigenvalue weighted by atomic mass is 10.1. The quantitative estimate of drug-likeness (QED) is 0.329. The van der Waals surface area contributed by atoms with Crippen molar-refractivity contribution in [1.82, 2.24) is 20.5 Å². The first-order valence-electron chi connectivity index (χ1n) is 10.9. The fourth-order valence-corrected chi connectivity index (χ4v) is 3.65. The number of nitrogens with zero attached hydrogens (tertiary/aromatic N) is 2. The molecule has 0 spiro atoms. The highest BCUT2D eigenvalue weighted by molar-refractivity contribution is 6.00. The molecule has 0 radical (unpaired) electrons. The van der Waals surface area contributed by atoms with E-state index < -0.39 is 0 Å². The third kappa shape index (κ3) is 5.49. The lowest BCUT2D eigenvalue weighted by molar-refractivity contribution is 0.0959. The monoisotopic (exact) mass is 451 g/mol. The fourth-order valence-electron chi connectivity index (χ4n) is 3.65. The van der Waals surface area contributed by atoms with Crippen molar-refractivity contribution in [3.63, 3.8) is 0 Å². The predicted molar refractivity (Wildman–Crippen MR) is 136 cm³/mol. The summed E-state index contributed by atoms with van der Waals surface area (Å²) in [6.45, 7) is 3.97. The van der Waals surface area contributed by atoms with Crippen LogP contribution in [0.3, 0.4) is 0 Å². The smallest absolute Gasteiger partial charge is 0.254 e. The van der Waals surface area contributed by atoms with Gasteiger partial charge in [-0.2, -0.15) is 5.10 Å². The summed E-state index contributed by atoms with van der Waals surface area (Å²) in [7, 11) is 0. The number of hydrogen-bond donors (Lipinski definition) is 4. The van der Waals surface area contributed by atoms with E-state index in [2.05, 4.69) is 44.6 Å². The van der Waals surface area contributed by atoms with Crippen molar-refractivity contribution in [3.8, 4) is 11.8 Å². The Morgan fingerprint density at radius 2 is 1.94 bits per heavy atom. The first-order chi connectivity index (χ1) is 16.5. The van der Waals surface area contributed by atoms with Gasteiger partial charge in [-0.25, -0.2) is 0 Å². The van der Waals surface area contributed by atoms with Crippen LogP contribution in [0.15, 0.2) is 54.6 Å². The number of aromatic amines is 1. The summed E-state index contributed by atoms with van der Waals surface area (Å²) in [6, 6.07) is 17.2. The Morgan fingerprint density at radius 3 is 2.76 bits per heavy atom. The number of hydrogen-bond acceptors (Lipinski definition) is 5. The molecule has 34 heavy (non-hydrogen) atoms. The molecule has 2 aromatic heterocycles. The van der Waals surface area contributed by atoms with Crippen LogP contribution in [-0.4, -0.2) is 39.3 Å². The van der Waals surface area contributed by atoms with E-state index >= 15 is 0 Å². The van der Waals surface area contributed by atoms with Gasteiger partial charge in [0.2, 0.25) is 0 Å². The van der Waals surface area contributed by atoms with Crippen LogP contribution < -0.4 is 10.6 Å². The Morgan fingerprint density at radius 1 is 1.09 bits per heavy atom. The molecule has 4 rings (SSSR count). The van der Waals surface area contributed by atoms with Crippen molar-refractivity contribution in [3.05, 3.63) is 82.8 Å². The SMILES string of the molecule is Cc1cc(C)nc(C=Cc2n[nH]c3cc(Nc4ccccc4C(=O)NCC#CCO)ccc23)c1. The number of benzene rings is 2. The van der Waals surface area contributed by atoms with Crippen LogP contribution in [0.1, 0.15) is 33.0 Å². The molecule has 4 aromatic rings. The molecule has 0 atom stereocenters. The molecule has 4 N–H and O–H groups in total. The van der Waals surface area contributed by atoms with E-state index in [-0.39, 0.29) is 19.1 Å². The minimum atomic E-state index is -0.245. The number of para-hydroxylation sites is 1. The molecule has 2 heterocycles. The first kappa shape index (κ1) is 22.8. The summed E-state index contributed by atoms with van der Waals surface area (Å²) >= 11 is 0. The van der Waals surface area contributed by atoms with Gasteiger partial charge in [-0.15, -0.1) is 0 Å². The first-order valence-corrected chi connectivity index (χ1v) is 10.9. The minimum Gasteiger partial charge on any atom is -0.384 e. The zero-order chi connectivity index (χ0) is 23.9. The van der Waals surface area contributed by atoms with Gasteiger partial charge in [-0.3, -0.25) is 14.9 Å². The van der Waals surface area contributed by atoms with Crippen LogP contribution >= 0.6 is 0 Å². The van der Waals surface area contributed by atoms with Crippen LogP contribution in [0.25, 0.3) is 23.1 Å². The van der Waals surface area contributed by atoms with Crippen molar-refractivity contribution in [2.24, 2.45) is 0 Å². The van der Waals surface area contributed by atoms with Crippen LogP contribution in [-0.2, 0) is 0 Å². The van der Waals surface area contributed by atoms with Gasteiger partial charge in [0, 0.05) is 16.8 Å². The number of anilines is 2. The summed E-state index contributed by atoms with van der Waals surface area (Å²) in [4.78, 5) is 17.1. The Kier molecular flexibility index (Phi) is 7.01. The van der Waals surface area contributed by atoms with Gasteiger partial charge >= 0.3 is 0 Å². The third-order valence-electron chi connectivity index (χ3n) is 5.11. The summed E-state index contributed by atoms with van der Waals surface area (Å²) < 4.78 is 0. The van der Waals surface area contributed by atoms with E-state index in [4.69, 9.17) is 5.11 Å². The summed E-state index contributed by atoms with van der Waals surface area (Å²) in [6.07, 6.45) is 3.91. The molecule has 0 unspecified atom stereocenters. The molecule has 0 aliphatic heterocycles. The Labute approximate surface area is 197 Å². The maximum absolute atomic E-state index is 12.6. The van der Waals surface area contributed by atoms with Gasteiger partial charge in [0.1, 0.15) is 6.61 Å². The molecular weight excluding hydrogens is 426 g/mol. The van der Waals surface area contributed by atoms with Gasteiger partial charge in [0.15, 0.2) is 0 Å². The zero-order valence-electron chi connectivity index (χ0n) is 19.0. The molecule has 7 heteroatoms. The molecular formula is C27H25N5O2. The number of fused-ring (bicyclic) bond motifs is 1. The topological polar surface area (TPSA) is 103 Å². The number of nitrogens with one attached hydrogen (secondary N) is 3. The maximum atomic E-state index is 12.6. The highest BCUT2D eigenvalue weighted by Gasteiger charge is 2.11. The fraction of sp³-hybridized carbons (Fsp3) is 0.148. The molecule has 1 amide bonds. The number of pyridine rings is 1. The van der Waals surface area contributed by atoms with E-state index in [1.165, 1.54) is 5.56 Å². The molecule has 0 bridgehead atoms. The van der Waals surface area contributed by atoms with E-state index in [0.717, 1.165) is 33.7 Å². The summed E-state index contributed by atoms with van der Waals surface area (Å²) in [5.74, 6) is 4.94. The average Bonchev–Trinajstić information content (AvgIpc) is 3.22. The lowest BCUT2D eigenvalue weighted by Gasteiger charge is -2.11. The molecule has 2 aromatic carbocycles. The van der Waals surface area contributed by atoms with Crippen molar-refractivity contribution in [1.29, 1.82) is 0 Å². The van der Waals surface area contributed by atoms with E-state index in [9.17, 15) is 4.79 Å². The molecule has 0 saturated heterocycles. The number of aliphatic hydroxyl groups is 1. The largest absolute Gasteiger partial charge is 0.384 e. The van der Waals surface area contributed by atoms with E-state index in [0.29, 0.717) is 11.3 Å². The normalized spacial score (nSPS) is 10.8. The second kappa shape index (κ2) is 10.5. The molecule has 7 nitrogen and oxygen atoms in total. The molecule has 0 fully saturated rings. The highest BCUT2D eigenvalue weighted by atomic mass is 16.2. The van der Waals surface area contributed by atoms with Gasteiger partial charge < -0.3 is 15.7 Å². The lowest BCUT2D eigenvalue weighted by Crippen LogP contribution is -2.24. The summed E-state index contributed by atoms with van der Waals surface area (Å²) in [5.41, 5.74) is 6.74. The second-order valence-corrected chi connectivity index (χ2v) is 7.78. The van der Waals surface area contributed by atoms with E-state index in [1.54, 1.807) is 12.1 Å². The van der Waals surface area contributed by atoms with Crippen molar-refractivity contribution >= 4 is 40.3 Å². The number of carbonyl (C=O) groups excluding carboxylic acids is 1. The third-order valence-corrected chi connectivity index (χ3v) is 5.11. The van der Waals surface area contributed by atoms with Crippen LogP contribution in [0.2, 0.25) is 0 Å². The average molecular weight is 452 g/mol. The van der Waals surface area contributed by atoms with Gasteiger partial charge in [-0.05, 0) is 74.0 Å². The standard InChI is InChI=1S/C27H25N5O2/c1-18-15-19(2)29-20(16-18)10-12-25-22-11-9-21(17-26(22)32-31-25)30-24-8-4-3-7-23(24)27(34)28-13-5-6-14-33/h3-4,7-12,15-17,30,33H,13-14H2,1-2H3,(H,28,34)(H,31,32). The van der Waals surface area contributed by atoms with Crippen LogP contribution in [0, 0.1) is 25.7 Å². The molecule has 0 aliphatic rings. The number of aromatic nitrogens is 3. The Bertz CT molecular complexity index is 1410. The van der Waals surface area contributed by atoms with Crippen LogP contribution in [0.4, 0.5) is 11.4 Å². The minimum absolute atomic E-state index is 0.168. The van der Waals surface area contributed by atoms with Crippen molar-refractivity contribution in [2.45, 2.75) is 13.8 Å². The number of H-pyrrole nitrogens is 1. The molecule has 170 valence electrons. The van der Waals surface area contributed by atoms with Gasteiger partial charge in [-0.1, -0.05) is 24.0 Å². The van der Waals surface area contributed by atoms with E-state index in [1.807, 2.05) is 61.5 Å². The number of aryl methyl sites for hydroxylation is 2. The van der Waals surface area contributed by atoms with Crippen LogP contribution in [0.5, 0.6) is 0 Å². The second-order valence-electron chi connectivity index (χ2n) is 7.78. The Balaban J connectivity index is 1.53. The number of carbonyl (C=O) groups is 1. The summed E-state index contributed by atoms with van der Waals surface area (Å²) in [5, 5.41) is 23.3. The van der Waals surface area contributed by atoms with Crippen molar-refractivity contribution < 1.29 is 9.90 Å². The number of amides is 1. The number of aliphatic hydroxyl groups excluding tert-OH is 1.